The number of carbonyl (C=O) groups excluding carboxylic acids is 3. The Morgan fingerprint density at radius 1 is 0.648 bits per heavy atom. The summed E-state index contributed by atoms with van der Waals surface area (Å²) in [6.45, 7) is 12.0. The van der Waals surface area contributed by atoms with Gasteiger partial charge in [0, 0.05) is 138 Å². The molecule has 0 bridgehead atoms. The molecule has 15 aromatic rings. The first kappa shape index (κ1) is 67.9. The van der Waals surface area contributed by atoms with E-state index < -0.39 is 34.3 Å². The summed E-state index contributed by atoms with van der Waals surface area (Å²) < 4.78 is 50.7. The molecule has 0 radical (unpaired) electrons. The summed E-state index contributed by atoms with van der Waals surface area (Å²) in [6.07, 6.45) is 22.9. The van der Waals surface area contributed by atoms with E-state index in [4.69, 9.17) is 28.9 Å². The van der Waals surface area contributed by atoms with Gasteiger partial charge in [-0.2, -0.15) is 20.3 Å². The minimum atomic E-state index is -0.687. The molecule has 1 aliphatic carbocycles. The van der Waals surface area contributed by atoms with E-state index in [9.17, 15) is 19.5 Å². The van der Waals surface area contributed by atoms with E-state index in [1.54, 1.807) is 87.8 Å². The fourth-order valence-electron chi connectivity index (χ4n) is 14.1. The van der Waals surface area contributed by atoms with Crippen LogP contribution in [0.25, 0.3) is 101 Å². The number of H-pyrrole nitrogens is 3. The van der Waals surface area contributed by atoms with E-state index in [1.807, 2.05) is 66.1 Å². The number of rotatable bonds is 20. The SMILES string of the molecule is Cn1cc(-c2nc3c(-c4ccnc(N5CCn6c(cc7c6CC(C)(CCC(C)(C)c6nc(C(=O)NCc8ncc(-c9ccnc%10[nH]c(-c%11cnn(Cc%12cnc%13[nH]c(-c%14cnn(C)c%14)nc%13c%12-c%12cnc(CNC(=O)c%13nnc(C(C)(C)C)o%13)c(F)c%12)c%11)nc9%10)cc8F)no6)C7)C5=O)c4CO)ccnc3[nH]2)cn1. The summed E-state index contributed by atoms with van der Waals surface area (Å²) in [6, 6.07) is 10.0. The molecule has 15 aromatic heterocycles. The number of amides is 3. The minimum absolute atomic E-state index is 0.0298. The quantitative estimate of drug-likeness (QED) is 0.0413. The maximum atomic E-state index is 16.2. The molecule has 34 heteroatoms. The third-order valence-electron chi connectivity index (χ3n) is 19.9. The second-order valence-corrected chi connectivity index (χ2v) is 29.2. The van der Waals surface area contributed by atoms with Crippen molar-refractivity contribution in [1.82, 2.24) is 125 Å². The number of nitrogens with zero attached hydrogens (tertiary/aromatic N) is 21. The molecular formula is C74H68F2N26O6. The first-order valence-corrected chi connectivity index (χ1v) is 34.7. The molecule has 17 rings (SSSR count). The fourth-order valence-corrected chi connectivity index (χ4v) is 14.1. The number of nitrogens with one attached hydrogen (secondary N) is 5. The number of anilines is 1. The number of pyridine rings is 6. The number of hydrogen-bond donors (Lipinski definition) is 6. The van der Waals surface area contributed by atoms with Gasteiger partial charge in [0.25, 0.3) is 17.6 Å². The molecule has 6 N–H and O–H groups in total. The van der Waals surface area contributed by atoms with Gasteiger partial charge in [0.2, 0.25) is 11.8 Å². The van der Waals surface area contributed by atoms with E-state index in [0.29, 0.717) is 132 Å². The predicted octanol–water partition coefficient (Wildman–Crippen LogP) is 9.42. The van der Waals surface area contributed by atoms with Crippen molar-refractivity contribution < 1.29 is 37.2 Å². The van der Waals surface area contributed by atoms with Gasteiger partial charge in [-0.05, 0) is 78.6 Å². The van der Waals surface area contributed by atoms with E-state index in [-0.39, 0.29) is 72.4 Å². The van der Waals surface area contributed by atoms with Gasteiger partial charge >= 0.3 is 11.8 Å². The molecule has 3 amide bonds. The Bertz CT molecular complexity index is 6100. The zero-order chi connectivity index (χ0) is 74.7. The van der Waals surface area contributed by atoms with E-state index >= 15 is 8.78 Å². The number of aryl methyl sites for hydroxylation is 2. The Morgan fingerprint density at radius 3 is 1.92 bits per heavy atom. The van der Waals surface area contributed by atoms with Crippen molar-refractivity contribution in [2.24, 2.45) is 19.5 Å². The number of halogens is 2. The lowest BCUT2D eigenvalue weighted by Gasteiger charge is -2.32. The Morgan fingerprint density at radius 2 is 1.26 bits per heavy atom. The molecule has 108 heavy (non-hydrogen) atoms. The lowest BCUT2D eigenvalue weighted by molar-refractivity contribution is 0.0909. The third-order valence-corrected chi connectivity index (χ3v) is 19.9. The topological polar surface area (TPSA) is 398 Å². The van der Waals surface area contributed by atoms with Crippen molar-refractivity contribution in [3.05, 3.63) is 185 Å². The van der Waals surface area contributed by atoms with E-state index in [2.05, 4.69) is 97.6 Å². The number of aromatic nitrogens is 23. The van der Waals surface area contributed by atoms with Crippen LogP contribution in [0.4, 0.5) is 14.6 Å². The molecule has 0 saturated heterocycles. The van der Waals surface area contributed by atoms with E-state index in [1.165, 1.54) is 24.5 Å². The largest absolute Gasteiger partial charge is 0.416 e. The normalized spacial score (nSPS) is 14.6. The zero-order valence-electron chi connectivity index (χ0n) is 59.6. The van der Waals surface area contributed by atoms with Crippen LogP contribution in [0.3, 0.4) is 0 Å². The van der Waals surface area contributed by atoms with Crippen LogP contribution in [0.1, 0.15) is 132 Å². The molecule has 0 saturated carbocycles. The first-order chi connectivity index (χ1) is 52.0. The molecule has 1 unspecified atom stereocenters. The van der Waals surface area contributed by atoms with Crippen molar-refractivity contribution in [2.75, 3.05) is 11.4 Å². The monoisotopic (exact) mass is 1450 g/mol. The van der Waals surface area contributed by atoms with Gasteiger partial charge in [-0.25, -0.2) is 43.7 Å². The molecule has 0 spiro atoms. The van der Waals surface area contributed by atoms with Crippen LogP contribution in [0.5, 0.6) is 0 Å². The minimum Gasteiger partial charge on any atom is -0.416 e. The van der Waals surface area contributed by atoms with Crippen molar-refractivity contribution in [2.45, 2.75) is 111 Å². The highest BCUT2D eigenvalue weighted by Gasteiger charge is 2.42. The van der Waals surface area contributed by atoms with Gasteiger partial charge in [-0.3, -0.25) is 43.3 Å². The van der Waals surface area contributed by atoms with Crippen LogP contribution in [0.15, 0.2) is 120 Å². The van der Waals surface area contributed by atoms with E-state index in [0.717, 1.165) is 41.6 Å². The molecule has 0 fully saturated rings. The van der Waals surface area contributed by atoms with Gasteiger partial charge in [-0.1, -0.05) is 46.7 Å². The van der Waals surface area contributed by atoms with Gasteiger partial charge in [0.1, 0.15) is 57.2 Å². The Hall–Kier alpha value is -13.3. The summed E-state index contributed by atoms with van der Waals surface area (Å²) in [7, 11) is 3.63. The summed E-state index contributed by atoms with van der Waals surface area (Å²) in [4.78, 5) is 99.0. The Kier molecular flexibility index (Phi) is 16.4. The molecule has 0 aromatic carbocycles. The summed E-state index contributed by atoms with van der Waals surface area (Å²) >= 11 is 0. The van der Waals surface area contributed by atoms with Gasteiger partial charge in [0.15, 0.2) is 16.9 Å². The van der Waals surface area contributed by atoms with Crippen LogP contribution in [0.2, 0.25) is 0 Å². The smallest absolute Gasteiger partial charge is 0.309 e. The van der Waals surface area contributed by atoms with Crippen LogP contribution in [-0.4, -0.2) is 143 Å². The van der Waals surface area contributed by atoms with Gasteiger partial charge in [0.05, 0.1) is 72.9 Å². The summed E-state index contributed by atoms with van der Waals surface area (Å²) in [5.41, 5.74) is 10.9. The van der Waals surface area contributed by atoms with Gasteiger partial charge < -0.3 is 44.2 Å². The molecule has 544 valence electrons. The maximum Gasteiger partial charge on any atom is 0.309 e. The standard InChI is InChI=1S/C74H68F2N26O6/c1-72(2,3)70-96-95-68(107-70)67(105)84-31-51-49(76)20-39(25-81-51)54-40(26-82-63-57(54)90-59(93-63)42-28-86-99(8)33-42)34-100-35-43(29-87-100)60-88-55-44(9-14-77-61(55)92-60)38-19-48(75)50(80-24-38)30-83-66(104)64-94-71(108-97-64)73(4,5)12-13-74(6)22-37-21-52-69(106)102(18-17-101(52)53(37)23-74)65-47(36-103)45(10-16-79-65)46-11-15-78-62-56(46)89-58(91-62)41-27-85-98(7)32-41/h9-11,14-16,19-21,24-29,32-33,35,103H,12-13,17-18,22-23,30-31,34,36H2,1-8H3,(H,83,104)(H,84,105)(H,77,88,92)(H,78,89,91)(H,82,90,93). The third kappa shape index (κ3) is 12.4. The molecule has 32 nitrogen and oxygen atoms in total. The van der Waals surface area contributed by atoms with Crippen LogP contribution < -0.4 is 15.5 Å². The summed E-state index contributed by atoms with van der Waals surface area (Å²) in [5.74, 6) is -0.903. The number of aromatic amines is 3. The Balaban J connectivity index is 0.530. The van der Waals surface area contributed by atoms with Crippen LogP contribution >= 0.6 is 0 Å². The Labute approximate surface area is 611 Å². The average Bonchev–Trinajstić information content (AvgIpc) is 1.57. The van der Waals surface area contributed by atoms with Crippen LogP contribution in [0, 0.1) is 17.0 Å². The fraction of sp³-hybridized carbons (Fsp3) is 0.284. The molecular weight excluding hydrogens is 1390 g/mol. The summed E-state index contributed by atoms with van der Waals surface area (Å²) in [5, 5.41) is 41.3. The first-order valence-electron chi connectivity index (χ1n) is 34.7. The highest BCUT2D eigenvalue weighted by Crippen LogP contribution is 2.46. The van der Waals surface area contributed by atoms with Crippen molar-refractivity contribution in [3.63, 3.8) is 0 Å². The van der Waals surface area contributed by atoms with Crippen molar-refractivity contribution in [3.8, 4) is 67.5 Å². The number of carbonyl (C=O) groups is 3. The predicted molar refractivity (Wildman–Crippen MR) is 385 cm³/mol. The number of aliphatic hydroxyl groups is 1. The number of aliphatic hydroxyl groups excluding tert-OH is 1. The second kappa shape index (κ2) is 26.1. The van der Waals surface area contributed by atoms with Crippen molar-refractivity contribution >= 4 is 57.0 Å². The average molecular weight is 1460 g/mol. The number of hydrogen-bond acceptors (Lipinski definition) is 22. The van der Waals surface area contributed by atoms with Gasteiger partial charge in [-0.15, -0.1) is 10.2 Å². The lowest BCUT2D eigenvalue weighted by Crippen LogP contribution is -2.41. The molecule has 16 heterocycles. The molecule has 1 atom stereocenters. The number of fused-ring (bicyclic) bond motifs is 6. The van der Waals surface area contributed by atoms with Crippen molar-refractivity contribution in [1.29, 1.82) is 0 Å². The lowest BCUT2D eigenvalue weighted by atomic mass is 9.76. The second-order valence-electron chi connectivity index (χ2n) is 29.2. The number of imidazole rings is 3. The highest BCUT2D eigenvalue weighted by molar-refractivity contribution is 6.07. The molecule has 2 aliphatic rings. The zero-order valence-corrected chi connectivity index (χ0v) is 59.6. The van der Waals surface area contributed by atoms with Crippen LogP contribution in [-0.2, 0) is 70.6 Å². The maximum absolute atomic E-state index is 16.2. The highest BCUT2D eigenvalue weighted by atomic mass is 19.1. The molecule has 1 aliphatic heterocycles.